The van der Waals surface area contributed by atoms with Gasteiger partial charge in [0, 0.05) is 43.1 Å². The summed E-state index contributed by atoms with van der Waals surface area (Å²) < 4.78 is 7.75. The molecular weight excluding hydrogens is 241 g/mol. The first-order valence-corrected chi connectivity index (χ1v) is 4.71. The lowest BCUT2D eigenvalue weighted by molar-refractivity contribution is -0.104. The van der Waals surface area contributed by atoms with Crippen LogP contribution >= 0.6 is 22.9 Å². The number of ether oxygens (including phenoxy) is 1. The third-order valence-electron chi connectivity index (χ3n) is 2.67. The number of nitrogens with zero attached hydrogens (tertiary/aromatic N) is 1. The summed E-state index contributed by atoms with van der Waals surface area (Å²) in [6, 6.07) is 0. The zero-order valence-corrected chi connectivity index (χ0v) is 8.24. The molecule has 3 fully saturated rings. The van der Waals surface area contributed by atoms with Gasteiger partial charge in [0.25, 0.3) is 0 Å². The van der Waals surface area contributed by atoms with E-state index in [0.29, 0.717) is 6.10 Å². The van der Waals surface area contributed by atoms with Crippen LogP contribution in [-0.2, 0) is 4.74 Å². The maximum atomic E-state index is 5.37. The Labute approximate surface area is 75.4 Å². The fraction of sp³-hybridized carbons (Fsp3) is 1.00. The average Bonchev–Trinajstić information content (AvgIpc) is 1.87. The van der Waals surface area contributed by atoms with Crippen LogP contribution in [0.25, 0.3) is 0 Å². The molecule has 2 heterocycles. The summed E-state index contributed by atoms with van der Waals surface area (Å²) in [5.74, 6) is 1.67. The summed E-state index contributed by atoms with van der Waals surface area (Å²) in [4.78, 5) is 0. The Morgan fingerprint density at radius 1 is 1.40 bits per heavy atom. The Hall–Kier alpha value is 0.650. The van der Waals surface area contributed by atoms with Crippen LogP contribution in [0.15, 0.2) is 0 Å². The van der Waals surface area contributed by atoms with Crippen molar-refractivity contribution in [1.82, 2.24) is 3.11 Å². The second-order valence-corrected chi connectivity index (χ2v) is 4.65. The lowest BCUT2D eigenvalue weighted by Gasteiger charge is -2.50. The monoisotopic (exact) mass is 253 g/mol. The van der Waals surface area contributed by atoms with E-state index >= 15 is 0 Å². The van der Waals surface area contributed by atoms with Crippen LogP contribution in [0.2, 0.25) is 0 Å². The third-order valence-corrected chi connectivity index (χ3v) is 3.46. The van der Waals surface area contributed by atoms with Gasteiger partial charge in [0.05, 0.1) is 6.10 Å². The van der Waals surface area contributed by atoms with E-state index in [1.54, 1.807) is 0 Å². The molecule has 0 aromatic carbocycles. The molecule has 3 heteroatoms. The molecule has 2 unspecified atom stereocenters. The van der Waals surface area contributed by atoms with E-state index < -0.39 is 0 Å². The SMILES string of the molecule is COC1C2CC1CN(I)C2. The summed E-state index contributed by atoms with van der Waals surface area (Å²) >= 11 is 2.41. The third kappa shape index (κ3) is 0.987. The van der Waals surface area contributed by atoms with Crippen molar-refractivity contribution in [3.05, 3.63) is 0 Å². The van der Waals surface area contributed by atoms with Crippen LogP contribution < -0.4 is 0 Å². The first kappa shape index (κ1) is 7.31. The van der Waals surface area contributed by atoms with Crippen LogP contribution in [0, 0.1) is 11.8 Å². The Kier molecular flexibility index (Phi) is 1.90. The molecular formula is C7H12INO. The first-order valence-electron chi connectivity index (χ1n) is 3.75. The summed E-state index contributed by atoms with van der Waals surface area (Å²) in [5, 5.41) is 0. The minimum Gasteiger partial charge on any atom is -0.381 e. The highest BCUT2D eigenvalue weighted by atomic mass is 127. The maximum Gasteiger partial charge on any atom is 0.0652 e. The maximum absolute atomic E-state index is 5.37. The van der Waals surface area contributed by atoms with Gasteiger partial charge in [-0.05, 0) is 18.3 Å². The fourth-order valence-electron chi connectivity index (χ4n) is 2.17. The molecule has 3 rings (SSSR count). The summed E-state index contributed by atoms with van der Waals surface area (Å²) in [5.41, 5.74) is 0. The van der Waals surface area contributed by atoms with E-state index in [9.17, 15) is 0 Å². The van der Waals surface area contributed by atoms with Gasteiger partial charge in [-0.3, -0.25) is 0 Å². The predicted octanol–water partition coefficient (Wildman–Crippen LogP) is 1.30. The van der Waals surface area contributed by atoms with Crippen LogP contribution in [0.5, 0.6) is 0 Å². The molecule has 2 atom stereocenters. The highest BCUT2D eigenvalue weighted by Gasteiger charge is 2.46. The number of piperidine rings is 2. The highest BCUT2D eigenvalue weighted by molar-refractivity contribution is 14.1. The molecule has 0 spiro atoms. The summed E-state index contributed by atoms with van der Waals surface area (Å²) in [7, 11) is 1.84. The molecule has 0 aromatic heterocycles. The molecule has 0 aromatic rings. The zero-order chi connectivity index (χ0) is 7.14. The molecule has 0 N–H and O–H groups in total. The largest absolute Gasteiger partial charge is 0.381 e. The van der Waals surface area contributed by atoms with Gasteiger partial charge in [-0.1, -0.05) is 0 Å². The summed E-state index contributed by atoms with van der Waals surface area (Å²) in [6.07, 6.45) is 1.99. The van der Waals surface area contributed by atoms with Crippen molar-refractivity contribution in [2.45, 2.75) is 12.5 Å². The van der Waals surface area contributed by atoms with E-state index in [1.807, 2.05) is 7.11 Å². The number of hydrogen-bond acceptors (Lipinski definition) is 2. The Morgan fingerprint density at radius 2 is 2.00 bits per heavy atom. The molecule has 0 amide bonds. The van der Waals surface area contributed by atoms with E-state index in [0.717, 1.165) is 11.8 Å². The lowest BCUT2D eigenvalue weighted by Crippen LogP contribution is -2.56. The number of rotatable bonds is 1. The van der Waals surface area contributed by atoms with E-state index in [1.165, 1.54) is 19.5 Å². The van der Waals surface area contributed by atoms with Crippen molar-refractivity contribution < 1.29 is 4.74 Å². The molecule has 1 aliphatic carbocycles. The molecule has 2 bridgehead atoms. The molecule has 0 radical (unpaired) electrons. The number of hydrogen-bond donors (Lipinski definition) is 0. The number of methoxy groups -OCH3 is 1. The van der Waals surface area contributed by atoms with Crippen LogP contribution in [-0.4, -0.2) is 29.4 Å². The van der Waals surface area contributed by atoms with Crippen molar-refractivity contribution in [2.75, 3.05) is 20.2 Å². The first-order chi connectivity index (χ1) is 4.81. The molecule has 10 heavy (non-hydrogen) atoms. The average molecular weight is 253 g/mol. The zero-order valence-electron chi connectivity index (χ0n) is 6.09. The van der Waals surface area contributed by atoms with E-state index in [4.69, 9.17) is 4.74 Å². The normalized spacial score (nSPS) is 46.8. The second-order valence-electron chi connectivity index (χ2n) is 3.28. The van der Waals surface area contributed by atoms with Crippen LogP contribution in [0.1, 0.15) is 6.42 Å². The van der Waals surface area contributed by atoms with E-state index in [-0.39, 0.29) is 0 Å². The van der Waals surface area contributed by atoms with Gasteiger partial charge in [-0.15, -0.1) is 0 Å². The van der Waals surface area contributed by atoms with E-state index in [2.05, 4.69) is 26.0 Å². The standard InChI is InChI=1S/C7H12INO/c1-10-7-5-2-6(7)4-9(8)3-5/h5-7H,2-4H2,1H3. The lowest BCUT2D eigenvalue weighted by atomic mass is 9.69. The van der Waals surface area contributed by atoms with Gasteiger partial charge in [-0.2, -0.15) is 0 Å². The number of halogens is 1. The van der Waals surface area contributed by atoms with Crippen LogP contribution in [0.4, 0.5) is 0 Å². The Morgan fingerprint density at radius 3 is 2.50 bits per heavy atom. The van der Waals surface area contributed by atoms with Gasteiger partial charge in [0.1, 0.15) is 0 Å². The van der Waals surface area contributed by atoms with Crippen molar-refractivity contribution in [2.24, 2.45) is 11.8 Å². The molecule has 2 saturated heterocycles. The minimum atomic E-state index is 0.589. The minimum absolute atomic E-state index is 0.589. The van der Waals surface area contributed by atoms with Crippen molar-refractivity contribution >= 4 is 22.9 Å². The molecule has 58 valence electrons. The smallest absolute Gasteiger partial charge is 0.0652 e. The van der Waals surface area contributed by atoms with Crippen molar-refractivity contribution in [3.8, 4) is 0 Å². The number of fused-ring (bicyclic) bond motifs is 2. The Balaban J connectivity index is 1.96. The highest BCUT2D eigenvalue weighted by Crippen LogP contribution is 2.42. The van der Waals surface area contributed by atoms with Gasteiger partial charge < -0.3 is 4.74 Å². The second kappa shape index (κ2) is 2.60. The van der Waals surface area contributed by atoms with Gasteiger partial charge in [-0.25, -0.2) is 3.11 Å². The summed E-state index contributed by atoms with van der Waals surface area (Å²) in [6.45, 7) is 2.46. The molecule has 3 aliphatic rings. The molecule has 1 saturated carbocycles. The van der Waals surface area contributed by atoms with Gasteiger partial charge in [0.2, 0.25) is 0 Å². The van der Waals surface area contributed by atoms with Crippen molar-refractivity contribution in [3.63, 3.8) is 0 Å². The van der Waals surface area contributed by atoms with Crippen molar-refractivity contribution in [1.29, 1.82) is 0 Å². The van der Waals surface area contributed by atoms with Gasteiger partial charge in [0.15, 0.2) is 0 Å². The quantitative estimate of drug-likeness (QED) is 0.516. The topological polar surface area (TPSA) is 12.5 Å². The predicted molar refractivity (Wildman–Crippen MR) is 48.0 cm³/mol. The van der Waals surface area contributed by atoms with Crippen LogP contribution in [0.3, 0.4) is 0 Å². The van der Waals surface area contributed by atoms with Gasteiger partial charge >= 0.3 is 0 Å². The Bertz CT molecular complexity index is 130. The molecule has 2 nitrogen and oxygen atoms in total. The molecule has 2 aliphatic heterocycles. The fourth-order valence-corrected chi connectivity index (χ4v) is 3.18.